The van der Waals surface area contributed by atoms with Gasteiger partial charge in [0.05, 0.1) is 4.47 Å². The number of halogens is 1. The molecule has 0 atom stereocenters. The van der Waals surface area contributed by atoms with E-state index in [9.17, 15) is 4.79 Å². The molecule has 16 heavy (non-hydrogen) atoms. The molecule has 84 valence electrons. The first-order valence-electron chi connectivity index (χ1n) is 5.21. The number of nitrogens with one attached hydrogen (secondary N) is 1. The van der Waals surface area contributed by atoms with Crippen LogP contribution in [0.1, 0.15) is 26.3 Å². The molecule has 0 spiro atoms. The summed E-state index contributed by atoms with van der Waals surface area (Å²) in [6.07, 6.45) is 1.68. The highest BCUT2D eigenvalue weighted by molar-refractivity contribution is 9.10. The Hall–Kier alpha value is -1.09. The Morgan fingerprint density at radius 2 is 1.94 bits per heavy atom. The molecule has 0 aliphatic rings. The van der Waals surface area contributed by atoms with Gasteiger partial charge in [-0.25, -0.2) is 0 Å². The summed E-state index contributed by atoms with van der Waals surface area (Å²) in [5.41, 5.74) is 2.15. The van der Waals surface area contributed by atoms with Crippen LogP contribution in [-0.2, 0) is 5.41 Å². The Balaban J connectivity index is 2.79. The molecule has 0 amide bonds. The van der Waals surface area contributed by atoms with Crippen molar-refractivity contribution in [2.75, 3.05) is 0 Å². The van der Waals surface area contributed by atoms with Crippen LogP contribution < -0.4 is 5.43 Å². The van der Waals surface area contributed by atoms with E-state index < -0.39 is 0 Å². The van der Waals surface area contributed by atoms with Crippen molar-refractivity contribution in [2.45, 2.75) is 26.2 Å². The van der Waals surface area contributed by atoms with Crippen LogP contribution in [0.4, 0.5) is 0 Å². The molecule has 0 fully saturated rings. The van der Waals surface area contributed by atoms with E-state index in [4.69, 9.17) is 0 Å². The van der Waals surface area contributed by atoms with Crippen molar-refractivity contribution in [1.82, 2.24) is 4.98 Å². The smallest absolute Gasteiger partial charge is 0.203 e. The number of aromatic nitrogens is 1. The molecule has 0 radical (unpaired) electrons. The summed E-state index contributed by atoms with van der Waals surface area (Å²) in [5.74, 6) is 0. The van der Waals surface area contributed by atoms with E-state index in [0.717, 1.165) is 10.9 Å². The topological polar surface area (TPSA) is 32.9 Å². The molecule has 1 aromatic carbocycles. The van der Waals surface area contributed by atoms with Crippen molar-refractivity contribution in [3.63, 3.8) is 0 Å². The molecular formula is C13H14BrNO. The summed E-state index contributed by atoms with van der Waals surface area (Å²) < 4.78 is 0.575. The average Bonchev–Trinajstić information content (AvgIpc) is 2.22. The first kappa shape index (κ1) is 11.4. The highest BCUT2D eigenvalue weighted by atomic mass is 79.9. The second kappa shape index (κ2) is 3.74. The SMILES string of the molecule is CC(C)(C)c1ccc2[nH]cc(Br)c(=O)c2c1. The Kier molecular flexibility index (Phi) is 2.66. The van der Waals surface area contributed by atoms with Gasteiger partial charge in [-0.1, -0.05) is 26.8 Å². The molecule has 0 unspecified atom stereocenters. The van der Waals surface area contributed by atoms with Gasteiger partial charge in [-0.3, -0.25) is 4.79 Å². The fraction of sp³-hybridized carbons (Fsp3) is 0.308. The molecule has 3 heteroatoms. The number of H-pyrrole nitrogens is 1. The number of rotatable bonds is 0. The van der Waals surface area contributed by atoms with Crippen molar-refractivity contribution in [3.05, 3.63) is 44.7 Å². The highest BCUT2D eigenvalue weighted by Crippen LogP contribution is 2.24. The Labute approximate surface area is 103 Å². The third kappa shape index (κ3) is 1.92. The maximum atomic E-state index is 11.9. The number of benzene rings is 1. The van der Waals surface area contributed by atoms with Gasteiger partial charge >= 0.3 is 0 Å². The summed E-state index contributed by atoms with van der Waals surface area (Å²) in [6, 6.07) is 5.99. The zero-order valence-corrected chi connectivity index (χ0v) is 11.2. The lowest BCUT2D eigenvalue weighted by molar-refractivity contribution is 0.591. The molecule has 0 saturated carbocycles. The van der Waals surface area contributed by atoms with Crippen LogP contribution in [0.5, 0.6) is 0 Å². The minimum atomic E-state index is 0.0415. The average molecular weight is 280 g/mol. The minimum absolute atomic E-state index is 0.0415. The van der Waals surface area contributed by atoms with Gasteiger partial charge < -0.3 is 4.98 Å². The van der Waals surface area contributed by atoms with Gasteiger partial charge in [0.1, 0.15) is 0 Å². The van der Waals surface area contributed by atoms with Crippen LogP contribution >= 0.6 is 15.9 Å². The van der Waals surface area contributed by atoms with Crippen LogP contribution in [0.15, 0.2) is 33.7 Å². The Morgan fingerprint density at radius 1 is 1.25 bits per heavy atom. The fourth-order valence-corrected chi connectivity index (χ4v) is 1.99. The zero-order valence-electron chi connectivity index (χ0n) is 9.60. The van der Waals surface area contributed by atoms with Gasteiger partial charge in [0, 0.05) is 17.1 Å². The number of hydrogen-bond acceptors (Lipinski definition) is 1. The van der Waals surface area contributed by atoms with Crippen LogP contribution in [-0.4, -0.2) is 4.98 Å². The number of aromatic amines is 1. The number of hydrogen-bond donors (Lipinski definition) is 1. The van der Waals surface area contributed by atoms with E-state index in [1.807, 2.05) is 12.1 Å². The summed E-state index contributed by atoms with van der Waals surface area (Å²) in [5, 5.41) is 0.738. The van der Waals surface area contributed by atoms with E-state index >= 15 is 0 Å². The zero-order chi connectivity index (χ0) is 11.9. The predicted octanol–water partition coefficient (Wildman–Crippen LogP) is 3.59. The maximum absolute atomic E-state index is 11.9. The van der Waals surface area contributed by atoms with E-state index in [0.29, 0.717) is 4.47 Å². The van der Waals surface area contributed by atoms with Gasteiger partial charge in [-0.15, -0.1) is 0 Å². The molecule has 0 saturated heterocycles. The third-order valence-electron chi connectivity index (χ3n) is 2.70. The van der Waals surface area contributed by atoms with E-state index in [-0.39, 0.29) is 10.8 Å². The summed E-state index contributed by atoms with van der Waals surface area (Å²) >= 11 is 3.25. The molecule has 1 heterocycles. The van der Waals surface area contributed by atoms with Crippen LogP contribution in [0, 0.1) is 0 Å². The Morgan fingerprint density at radius 3 is 2.56 bits per heavy atom. The van der Waals surface area contributed by atoms with Gasteiger partial charge in [0.15, 0.2) is 0 Å². The quantitative estimate of drug-likeness (QED) is 0.786. The highest BCUT2D eigenvalue weighted by Gasteiger charge is 2.14. The van der Waals surface area contributed by atoms with Gasteiger partial charge in [0.2, 0.25) is 5.43 Å². The van der Waals surface area contributed by atoms with Gasteiger partial charge in [-0.05, 0) is 39.0 Å². The molecule has 1 N–H and O–H groups in total. The van der Waals surface area contributed by atoms with E-state index in [2.05, 4.69) is 47.8 Å². The lowest BCUT2D eigenvalue weighted by atomic mass is 9.86. The van der Waals surface area contributed by atoms with Crippen molar-refractivity contribution in [2.24, 2.45) is 0 Å². The summed E-state index contributed by atoms with van der Waals surface area (Å²) in [4.78, 5) is 15.0. The molecular weight excluding hydrogens is 266 g/mol. The Bertz CT molecular complexity index is 593. The lowest BCUT2D eigenvalue weighted by Crippen LogP contribution is -2.12. The first-order valence-corrected chi connectivity index (χ1v) is 6.00. The molecule has 2 aromatic rings. The van der Waals surface area contributed by atoms with Crippen molar-refractivity contribution in [1.29, 1.82) is 0 Å². The summed E-state index contributed by atoms with van der Waals surface area (Å²) in [7, 11) is 0. The van der Waals surface area contributed by atoms with Crippen molar-refractivity contribution >= 4 is 26.8 Å². The van der Waals surface area contributed by atoms with Crippen molar-refractivity contribution in [3.8, 4) is 0 Å². The predicted molar refractivity (Wildman–Crippen MR) is 71.0 cm³/mol. The molecule has 1 aromatic heterocycles. The molecule has 0 bridgehead atoms. The second-order valence-electron chi connectivity index (χ2n) is 4.98. The maximum Gasteiger partial charge on any atom is 0.203 e. The molecule has 0 aliphatic carbocycles. The summed E-state index contributed by atoms with van der Waals surface area (Å²) in [6.45, 7) is 6.42. The first-order chi connectivity index (χ1) is 7.39. The van der Waals surface area contributed by atoms with Crippen LogP contribution in [0.25, 0.3) is 10.9 Å². The third-order valence-corrected chi connectivity index (χ3v) is 3.29. The van der Waals surface area contributed by atoms with E-state index in [1.165, 1.54) is 5.56 Å². The standard InChI is InChI=1S/C13H14BrNO/c1-13(2,3)8-4-5-11-9(6-8)12(16)10(14)7-15-11/h4-7H,1-3H3,(H,15,16). The molecule has 2 rings (SSSR count). The van der Waals surface area contributed by atoms with E-state index in [1.54, 1.807) is 6.20 Å². The normalized spacial score (nSPS) is 12.0. The number of fused-ring (bicyclic) bond motifs is 1. The second-order valence-corrected chi connectivity index (χ2v) is 5.83. The number of pyridine rings is 1. The van der Waals surface area contributed by atoms with Gasteiger partial charge in [0.25, 0.3) is 0 Å². The minimum Gasteiger partial charge on any atom is -0.360 e. The van der Waals surface area contributed by atoms with Gasteiger partial charge in [-0.2, -0.15) is 0 Å². The van der Waals surface area contributed by atoms with Crippen molar-refractivity contribution < 1.29 is 0 Å². The molecule has 2 nitrogen and oxygen atoms in total. The van der Waals surface area contributed by atoms with Crippen LogP contribution in [0.3, 0.4) is 0 Å². The fourth-order valence-electron chi connectivity index (χ4n) is 1.66. The molecule has 0 aliphatic heterocycles. The largest absolute Gasteiger partial charge is 0.360 e. The lowest BCUT2D eigenvalue weighted by Gasteiger charge is -2.19. The van der Waals surface area contributed by atoms with Crippen LogP contribution in [0.2, 0.25) is 0 Å². The monoisotopic (exact) mass is 279 g/mol.